The van der Waals surface area contributed by atoms with Gasteiger partial charge in [-0.15, -0.1) is 0 Å². The highest BCUT2D eigenvalue weighted by Gasteiger charge is 2.22. The molecule has 2 heterocycles. The smallest absolute Gasteiger partial charge is 0.0443 e. The van der Waals surface area contributed by atoms with Crippen molar-refractivity contribution in [3.63, 3.8) is 0 Å². The second kappa shape index (κ2) is 8.78. The van der Waals surface area contributed by atoms with Gasteiger partial charge in [-0.2, -0.15) is 0 Å². The molecule has 0 saturated carbocycles. The molecule has 4 aromatic rings. The summed E-state index contributed by atoms with van der Waals surface area (Å²) in [6.07, 6.45) is 5.52. The number of para-hydroxylation sites is 4. The van der Waals surface area contributed by atoms with E-state index in [0.29, 0.717) is 0 Å². The molecule has 0 N–H and O–H groups in total. The van der Waals surface area contributed by atoms with Gasteiger partial charge in [-0.05, 0) is 78.6 Å². The molecule has 2 aliphatic heterocycles. The molecule has 2 nitrogen and oxygen atoms in total. The van der Waals surface area contributed by atoms with Crippen LogP contribution in [0.25, 0.3) is 0 Å². The molecular formula is C31H30N2. The number of rotatable bonds is 4. The summed E-state index contributed by atoms with van der Waals surface area (Å²) in [5, 5.41) is 0. The first-order chi connectivity index (χ1) is 16.4. The van der Waals surface area contributed by atoms with Gasteiger partial charge >= 0.3 is 0 Å². The Bertz CT molecular complexity index is 1080. The monoisotopic (exact) mass is 430 g/mol. The van der Waals surface area contributed by atoms with Crippen molar-refractivity contribution in [3.8, 4) is 0 Å². The number of hydrogen-bond donors (Lipinski definition) is 0. The minimum atomic E-state index is 1.01. The molecule has 0 spiro atoms. The van der Waals surface area contributed by atoms with E-state index in [1.165, 1.54) is 45.0 Å². The average molecular weight is 431 g/mol. The molecule has 2 heteroatoms. The number of fused-ring (bicyclic) bond motifs is 4. The van der Waals surface area contributed by atoms with Crippen molar-refractivity contribution in [3.05, 3.63) is 119 Å². The highest BCUT2D eigenvalue weighted by atomic mass is 15.2. The van der Waals surface area contributed by atoms with Crippen molar-refractivity contribution in [2.45, 2.75) is 32.1 Å². The SMILES string of the molecule is c1ccc2c(c1)CCc1ccccc1N2CCCN1c2ccccc2CCc2ccccc21. The van der Waals surface area contributed by atoms with E-state index in [1.807, 2.05) is 0 Å². The van der Waals surface area contributed by atoms with E-state index in [-0.39, 0.29) is 0 Å². The molecule has 0 aromatic heterocycles. The van der Waals surface area contributed by atoms with Gasteiger partial charge in [-0.3, -0.25) is 0 Å². The molecule has 0 saturated heterocycles. The Morgan fingerprint density at radius 2 is 0.667 bits per heavy atom. The number of hydrogen-bond acceptors (Lipinski definition) is 2. The van der Waals surface area contributed by atoms with E-state index < -0.39 is 0 Å². The van der Waals surface area contributed by atoms with Crippen molar-refractivity contribution in [1.82, 2.24) is 0 Å². The van der Waals surface area contributed by atoms with Crippen molar-refractivity contribution in [2.75, 3.05) is 22.9 Å². The summed E-state index contributed by atoms with van der Waals surface area (Å²) in [7, 11) is 0. The van der Waals surface area contributed by atoms with Gasteiger partial charge in [0, 0.05) is 35.8 Å². The highest BCUT2D eigenvalue weighted by molar-refractivity contribution is 5.72. The summed E-state index contributed by atoms with van der Waals surface area (Å²) in [4.78, 5) is 5.13. The fourth-order valence-electron chi connectivity index (χ4n) is 5.61. The summed E-state index contributed by atoms with van der Waals surface area (Å²) >= 11 is 0. The topological polar surface area (TPSA) is 6.48 Å². The summed E-state index contributed by atoms with van der Waals surface area (Å²) in [5.41, 5.74) is 11.3. The lowest BCUT2D eigenvalue weighted by Crippen LogP contribution is -2.26. The molecule has 33 heavy (non-hydrogen) atoms. The summed E-state index contributed by atoms with van der Waals surface area (Å²) in [6, 6.07) is 35.8. The first-order valence-corrected chi connectivity index (χ1v) is 12.3. The summed E-state index contributed by atoms with van der Waals surface area (Å²) in [6.45, 7) is 2.02. The zero-order valence-electron chi connectivity index (χ0n) is 19.1. The maximum atomic E-state index is 2.56. The molecule has 0 radical (unpaired) electrons. The van der Waals surface area contributed by atoms with E-state index in [1.54, 1.807) is 0 Å². The van der Waals surface area contributed by atoms with Gasteiger partial charge in [0.15, 0.2) is 0 Å². The normalized spacial score (nSPS) is 14.4. The fraction of sp³-hybridized carbons (Fsp3) is 0.226. The molecule has 0 unspecified atom stereocenters. The lowest BCUT2D eigenvalue weighted by molar-refractivity contribution is 0.795. The number of aryl methyl sites for hydroxylation is 4. The maximum absolute atomic E-state index is 2.56. The van der Waals surface area contributed by atoms with Gasteiger partial charge in [0.1, 0.15) is 0 Å². The van der Waals surface area contributed by atoms with Gasteiger partial charge in [0.2, 0.25) is 0 Å². The van der Waals surface area contributed by atoms with Crippen molar-refractivity contribution in [2.24, 2.45) is 0 Å². The van der Waals surface area contributed by atoms with Crippen molar-refractivity contribution < 1.29 is 0 Å². The molecule has 0 atom stereocenters. The predicted molar refractivity (Wildman–Crippen MR) is 139 cm³/mol. The van der Waals surface area contributed by atoms with Crippen LogP contribution in [0.1, 0.15) is 28.7 Å². The zero-order chi connectivity index (χ0) is 22.0. The Kier molecular flexibility index (Phi) is 5.35. The number of nitrogens with zero attached hydrogens (tertiary/aromatic N) is 2. The summed E-state index contributed by atoms with van der Waals surface area (Å²) < 4.78 is 0. The fourth-order valence-corrected chi connectivity index (χ4v) is 5.61. The van der Waals surface area contributed by atoms with Gasteiger partial charge in [0.25, 0.3) is 0 Å². The Hall–Kier alpha value is -3.52. The van der Waals surface area contributed by atoms with Crippen LogP contribution < -0.4 is 9.80 Å². The van der Waals surface area contributed by atoms with Crippen LogP contribution in [0.5, 0.6) is 0 Å². The van der Waals surface area contributed by atoms with E-state index in [4.69, 9.17) is 0 Å². The van der Waals surface area contributed by atoms with E-state index in [0.717, 1.165) is 45.2 Å². The Labute approximate surface area is 197 Å². The Morgan fingerprint density at radius 1 is 0.394 bits per heavy atom. The van der Waals surface area contributed by atoms with Crippen LogP contribution in [-0.2, 0) is 25.7 Å². The highest BCUT2D eigenvalue weighted by Crippen LogP contribution is 2.38. The van der Waals surface area contributed by atoms with Gasteiger partial charge in [0.05, 0.1) is 0 Å². The third-order valence-electron chi connectivity index (χ3n) is 7.22. The quantitative estimate of drug-likeness (QED) is 0.336. The van der Waals surface area contributed by atoms with E-state index >= 15 is 0 Å². The molecule has 164 valence electrons. The predicted octanol–water partition coefficient (Wildman–Crippen LogP) is 7.25. The molecule has 0 bridgehead atoms. The molecule has 6 rings (SSSR count). The lowest BCUT2D eigenvalue weighted by Gasteiger charge is -2.30. The van der Waals surface area contributed by atoms with Gasteiger partial charge < -0.3 is 9.80 Å². The van der Waals surface area contributed by atoms with Gasteiger partial charge in [-0.1, -0.05) is 72.8 Å². The van der Waals surface area contributed by atoms with Crippen LogP contribution in [0.2, 0.25) is 0 Å². The zero-order valence-corrected chi connectivity index (χ0v) is 19.1. The van der Waals surface area contributed by atoms with E-state index in [2.05, 4.69) is 107 Å². The first-order valence-electron chi connectivity index (χ1n) is 12.3. The van der Waals surface area contributed by atoms with Crippen LogP contribution >= 0.6 is 0 Å². The standard InChI is InChI=1S/C31H30N2/c1-5-14-28-24(10-1)18-19-25-11-2-6-15-29(25)32(28)22-9-23-33-30-16-7-3-12-26(30)20-21-27-13-4-8-17-31(27)33/h1-8,10-17H,9,18-23H2. The maximum Gasteiger partial charge on any atom is 0.0443 e. The van der Waals surface area contributed by atoms with Crippen molar-refractivity contribution in [1.29, 1.82) is 0 Å². The number of anilines is 4. The molecular weight excluding hydrogens is 400 g/mol. The number of benzene rings is 4. The second-order valence-electron chi connectivity index (χ2n) is 9.17. The molecule has 0 amide bonds. The first kappa shape index (κ1) is 20.1. The molecule has 2 aliphatic rings. The van der Waals surface area contributed by atoms with Crippen LogP contribution in [-0.4, -0.2) is 13.1 Å². The second-order valence-corrected chi connectivity index (χ2v) is 9.17. The Morgan fingerprint density at radius 3 is 0.970 bits per heavy atom. The van der Waals surface area contributed by atoms with E-state index in [9.17, 15) is 0 Å². The molecule has 4 aromatic carbocycles. The summed E-state index contributed by atoms with van der Waals surface area (Å²) in [5.74, 6) is 0. The van der Waals surface area contributed by atoms with Crippen LogP contribution in [0.15, 0.2) is 97.1 Å². The lowest BCUT2D eigenvalue weighted by atomic mass is 10.0. The molecule has 0 fully saturated rings. The van der Waals surface area contributed by atoms with Crippen LogP contribution in [0.3, 0.4) is 0 Å². The van der Waals surface area contributed by atoms with Gasteiger partial charge in [-0.25, -0.2) is 0 Å². The molecule has 0 aliphatic carbocycles. The third kappa shape index (κ3) is 3.80. The largest absolute Gasteiger partial charge is 0.341 e. The minimum absolute atomic E-state index is 1.01. The minimum Gasteiger partial charge on any atom is -0.341 e. The third-order valence-corrected chi connectivity index (χ3v) is 7.22. The van der Waals surface area contributed by atoms with Crippen LogP contribution in [0.4, 0.5) is 22.7 Å². The van der Waals surface area contributed by atoms with Crippen LogP contribution in [0, 0.1) is 0 Å². The Balaban J connectivity index is 1.31. The van der Waals surface area contributed by atoms with Crippen molar-refractivity contribution >= 4 is 22.7 Å². The average Bonchev–Trinajstić information content (AvgIpc) is 3.13.